The van der Waals surface area contributed by atoms with Gasteiger partial charge in [-0.05, 0) is 12.1 Å². The van der Waals surface area contributed by atoms with Crippen LogP contribution in [-0.2, 0) is 12.1 Å². The Morgan fingerprint density at radius 2 is 2.00 bits per heavy atom. The molecular weight excluding hydrogens is 207 g/mol. The first-order chi connectivity index (χ1) is 5.95. The van der Waals surface area contributed by atoms with Crippen molar-refractivity contribution in [3.05, 3.63) is 23.5 Å². The van der Waals surface area contributed by atoms with E-state index in [9.17, 15) is 13.2 Å². The summed E-state index contributed by atoms with van der Waals surface area (Å²) in [6.07, 6.45) is -4.65. The summed E-state index contributed by atoms with van der Waals surface area (Å²) in [7, 11) is 0. The first-order valence-electron chi connectivity index (χ1n) is 3.27. The molecule has 1 rings (SSSR count). The summed E-state index contributed by atoms with van der Waals surface area (Å²) in [5.41, 5.74) is -1.22. The number of nitrogens with zero attached hydrogens (tertiary/aromatic N) is 1. The van der Waals surface area contributed by atoms with Gasteiger partial charge in [0.05, 0.1) is 11.6 Å². The van der Waals surface area contributed by atoms with Gasteiger partial charge in [-0.3, -0.25) is 0 Å². The van der Waals surface area contributed by atoms with Gasteiger partial charge < -0.3 is 5.11 Å². The minimum Gasteiger partial charge on any atom is -0.506 e. The summed E-state index contributed by atoms with van der Waals surface area (Å²) in [6.45, 7) is 0. The monoisotopic (exact) mass is 211 g/mol. The van der Waals surface area contributed by atoms with Crippen LogP contribution < -0.4 is 0 Å². The molecule has 0 aromatic carbocycles. The molecule has 2 nitrogen and oxygen atoms in total. The van der Waals surface area contributed by atoms with Gasteiger partial charge in [0.25, 0.3) is 0 Å². The summed E-state index contributed by atoms with van der Waals surface area (Å²) in [5, 5.41) is 8.84. The summed E-state index contributed by atoms with van der Waals surface area (Å²) in [5.74, 6) is -1.01. The zero-order valence-electron chi connectivity index (χ0n) is 6.27. The number of aromatic nitrogens is 1. The Balaban J connectivity index is 3.19. The smallest absolute Gasteiger partial charge is 0.437 e. The Labute approximate surface area is 77.0 Å². The maximum atomic E-state index is 12.1. The fraction of sp³-hybridized carbons (Fsp3) is 0.286. The van der Waals surface area contributed by atoms with E-state index in [0.29, 0.717) is 0 Å². The van der Waals surface area contributed by atoms with Crippen LogP contribution in [0.1, 0.15) is 11.4 Å². The van der Waals surface area contributed by atoms with Crippen molar-refractivity contribution in [3.63, 3.8) is 0 Å². The van der Waals surface area contributed by atoms with Crippen LogP contribution in [0.5, 0.6) is 5.75 Å². The molecule has 0 bridgehead atoms. The maximum absolute atomic E-state index is 12.1. The first kappa shape index (κ1) is 10.1. The third kappa shape index (κ3) is 2.24. The lowest BCUT2D eigenvalue weighted by Gasteiger charge is -2.08. The van der Waals surface area contributed by atoms with E-state index in [1.165, 1.54) is 6.07 Å². The highest BCUT2D eigenvalue weighted by Crippen LogP contribution is 2.33. The molecule has 0 saturated carbocycles. The molecule has 0 aliphatic rings. The molecule has 0 unspecified atom stereocenters. The predicted molar refractivity (Wildman–Crippen MR) is 40.5 cm³/mol. The zero-order chi connectivity index (χ0) is 10.1. The van der Waals surface area contributed by atoms with Crippen LogP contribution in [-0.4, -0.2) is 10.1 Å². The van der Waals surface area contributed by atoms with Gasteiger partial charge in [0.1, 0.15) is 5.75 Å². The van der Waals surface area contributed by atoms with Crippen molar-refractivity contribution in [3.8, 4) is 5.75 Å². The second-order valence-electron chi connectivity index (χ2n) is 2.30. The zero-order valence-corrected chi connectivity index (χ0v) is 7.02. The first-order valence-corrected chi connectivity index (χ1v) is 3.80. The maximum Gasteiger partial charge on any atom is 0.437 e. The Morgan fingerprint density at radius 3 is 2.46 bits per heavy atom. The van der Waals surface area contributed by atoms with Crippen molar-refractivity contribution in [1.82, 2.24) is 4.98 Å². The van der Waals surface area contributed by atoms with E-state index in [1.54, 1.807) is 0 Å². The summed E-state index contributed by atoms with van der Waals surface area (Å²) in [6, 6.07) is 2.16. The lowest BCUT2D eigenvalue weighted by molar-refractivity contribution is -0.142. The summed E-state index contributed by atoms with van der Waals surface area (Å²) >= 11 is 5.29. The summed E-state index contributed by atoms with van der Waals surface area (Å²) < 4.78 is 36.3. The highest BCUT2D eigenvalue weighted by Gasteiger charge is 2.35. The van der Waals surface area contributed by atoms with Crippen molar-refractivity contribution in [2.45, 2.75) is 12.1 Å². The molecule has 6 heteroatoms. The third-order valence-corrected chi connectivity index (χ3v) is 1.61. The van der Waals surface area contributed by atoms with Crippen molar-refractivity contribution in [2.75, 3.05) is 0 Å². The van der Waals surface area contributed by atoms with Crippen LogP contribution in [0.2, 0.25) is 0 Å². The van der Waals surface area contributed by atoms with Crippen LogP contribution in [0.15, 0.2) is 12.1 Å². The van der Waals surface area contributed by atoms with Gasteiger partial charge in [0.2, 0.25) is 0 Å². The van der Waals surface area contributed by atoms with E-state index in [-0.39, 0.29) is 11.6 Å². The molecule has 0 aliphatic carbocycles. The average molecular weight is 212 g/mol. The number of pyridine rings is 1. The fourth-order valence-corrected chi connectivity index (χ4v) is 0.924. The Kier molecular flexibility index (Phi) is 2.66. The molecule has 13 heavy (non-hydrogen) atoms. The lowest BCUT2D eigenvalue weighted by atomic mass is 10.3. The number of hydrogen-bond acceptors (Lipinski definition) is 2. The third-order valence-electron chi connectivity index (χ3n) is 1.34. The number of halogens is 4. The van der Waals surface area contributed by atoms with Crippen LogP contribution in [0.4, 0.5) is 13.2 Å². The fourth-order valence-electron chi connectivity index (χ4n) is 0.775. The Bertz CT molecular complexity index is 313. The molecule has 1 heterocycles. The van der Waals surface area contributed by atoms with Crippen LogP contribution in [0, 0.1) is 0 Å². The predicted octanol–water partition coefficient (Wildman–Crippen LogP) is 2.54. The van der Waals surface area contributed by atoms with Gasteiger partial charge in [0.15, 0.2) is 5.69 Å². The average Bonchev–Trinajstić information content (AvgIpc) is 2.03. The van der Waals surface area contributed by atoms with E-state index < -0.39 is 17.6 Å². The van der Waals surface area contributed by atoms with E-state index in [0.717, 1.165) is 6.07 Å². The second-order valence-corrected chi connectivity index (χ2v) is 2.57. The SMILES string of the molecule is Oc1ccc(CCl)nc1C(F)(F)F. The molecule has 1 aromatic rings. The molecule has 0 spiro atoms. The normalized spacial score (nSPS) is 11.7. The molecule has 0 atom stereocenters. The molecule has 72 valence electrons. The van der Waals surface area contributed by atoms with Gasteiger partial charge in [-0.15, -0.1) is 11.6 Å². The molecule has 0 fully saturated rings. The van der Waals surface area contributed by atoms with E-state index in [4.69, 9.17) is 16.7 Å². The number of rotatable bonds is 1. The quantitative estimate of drug-likeness (QED) is 0.725. The van der Waals surface area contributed by atoms with Gasteiger partial charge in [-0.25, -0.2) is 4.98 Å². The van der Waals surface area contributed by atoms with Gasteiger partial charge in [-0.1, -0.05) is 0 Å². The number of alkyl halides is 4. The van der Waals surface area contributed by atoms with Gasteiger partial charge in [-0.2, -0.15) is 13.2 Å². The van der Waals surface area contributed by atoms with Gasteiger partial charge in [0, 0.05) is 0 Å². The molecule has 1 N–H and O–H groups in total. The Hall–Kier alpha value is -0.970. The molecule has 0 radical (unpaired) electrons. The molecule has 0 aliphatic heterocycles. The van der Waals surface area contributed by atoms with Gasteiger partial charge >= 0.3 is 6.18 Å². The van der Waals surface area contributed by atoms with E-state index in [2.05, 4.69) is 4.98 Å². The largest absolute Gasteiger partial charge is 0.506 e. The lowest BCUT2D eigenvalue weighted by Crippen LogP contribution is -2.09. The van der Waals surface area contributed by atoms with E-state index >= 15 is 0 Å². The minimum atomic E-state index is -4.65. The standard InChI is InChI=1S/C7H5ClF3NO/c8-3-4-1-2-5(13)6(12-4)7(9,10)11/h1-2,13H,3H2. The van der Waals surface area contributed by atoms with E-state index in [1.807, 2.05) is 0 Å². The molecular formula is C7H5ClF3NO. The highest BCUT2D eigenvalue weighted by molar-refractivity contribution is 6.16. The Morgan fingerprint density at radius 1 is 1.38 bits per heavy atom. The topological polar surface area (TPSA) is 33.1 Å². The number of hydrogen-bond donors (Lipinski definition) is 1. The summed E-state index contributed by atoms with van der Waals surface area (Å²) in [4.78, 5) is 3.16. The van der Waals surface area contributed by atoms with Crippen molar-refractivity contribution >= 4 is 11.6 Å². The molecule has 0 amide bonds. The van der Waals surface area contributed by atoms with Crippen molar-refractivity contribution in [1.29, 1.82) is 0 Å². The van der Waals surface area contributed by atoms with Crippen LogP contribution in [0.3, 0.4) is 0 Å². The van der Waals surface area contributed by atoms with Crippen LogP contribution >= 0.6 is 11.6 Å². The highest BCUT2D eigenvalue weighted by atomic mass is 35.5. The van der Waals surface area contributed by atoms with Crippen LogP contribution in [0.25, 0.3) is 0 Å². The minimum absolute atomic E-state index is 0.0757. The second kappa shape index (κ2) is 3.41. The molecule has 1 aromatic heterocycles. The number of aromatic hydroxyl groups is 1. The van der Waals surface area contributed by atoms with Crippen molar-refractivity contribution in [2.24, 2.45) is 0 Å². The molecule has 0 saturated heterocycles. The van der Waals surface area contributed by atoms with Crippen molar-refractivity contribution < 1.29 is 18.3 Å².